The van der Waals surface area contributed by atoms with Gasteiger partial charge in [0.25, 0.3) is 0 Å². The fraction of sp³-hybridized carbons (Fsp3) is 0.562. The molecule has 0 unspecified atom stereocenters. The molecule has 4 nitrogen and oxygen atoms in total. The van der Waals surface area contributed by atoms with Crippen molar-refractivity contribution in [2.75, 3.05) is 26.2 Å². The van der Waals surface area contributed by atoms with Gasteiger partial charge in [-0.3, -0.25) is 9.69 Å². The summed E-state index contributed by atoms with van der Waals surface area (Å²) in [5, 5.41) is 13.0. The highest BCUT2D eigenvalue weighted by Crippen LogP contribution is 2.27. The Morgan fingerprint density at radius 1 is 1.38 bits per heavy atom. The van der Waals surface area contributed by atoms with E-state index in [1.165, 1.54) is 12.1 Å². The number of carbonyl (C=O) groups excluding carboxylic acids is 1. The average Bonchev–Trinajstić information content (AvgIpc) is 2.39. The van der Waals surface area contributed by atoms with Crippen LogP contribution in [0.3, 0.4) is 0 Å². The van der Waals surface area contributed by atoms with Crippen LogP contribution in [0.25, 0.3) is 0 Å². The van der Waals surface area contributed by atoms with E-state index in [-0.39, 0.29) is 17.6 Å². The van der Waals surface area contributed by atoms with E-state index >= 15 is 0 Å². The molecule has 1 heterocycles. The number of carbonyl (C=O) groups is 1. The summed E-state index contributed by atoms with van der Waals surface area (Å²) in [5.74, 6) is -0.0867. The molecule has 116 valence electrons. The van der Waals surface area contributed by atoms with Crippen LogP contribution in [-0.4, -0.2) is 47.7 Å². The molecule has 2 N–H and O–H groups in total. The number of aliphatic hydroxyl groups is 1. The molecule has 0 bridgehead atoms. The smallest absolute Gasteiger partial charge is 0.234 e. The van der Waals surface area contributed by atoms with Crippen molar-refractivity contribution in [1.82, 2.24) is 10.2 Å². The maximum absolute atomic E-state index is 12.7. The highest BCUT2D eigenvalue weighted by atomic mass is 19.1. The van der Waals surface area contributed by atoms with Crippen molar-refractivity contribution in [3.05, 3.63) is 35.6 Å². The zero-order chi connectivity index (χ0) is 15.5. The van der Waals surface area contributed by atoms with Gasteiger partial charge in [-0.1, -0.05) is 26.0 Å². The van der Waals surface area contributed by atoms with Crippen LogP contribution in [0.5, 0.6) is 0 Å². The van der Waals surface area contributed by atoms with Crippen LogP contribution in [0.1, 0.15) is 19.4 Å². The molecule has 5 heteroatoms. The molecule has 0 atom stereocenters. The molecule has 1 fully saturated rings. The second-order valence-corrected chi connectivity index (χ2v) is 6.13. The summed E-state index contributed by atoms with van der Waals surface area (Å²) in [6.45, 7) is 5.93. The minimum atomic E-state index is -0.644. The molecule has 21 heavy (non-hydrogen) atoms. The van der Waals surface area contributed by atoms with E-state index in [1.54, 1.807) is 12.1 Å². The number of nitrogens with one attached hydrogen (secondary N) is 1. The third kappa shape index (κ3) is 4.25. The number of hydrogen-bond acceptors (Lipinski definition) is 3. The Labute approximate surface area is 125 Å². The summed E-state index contributed by atoms with van der Waals surface area (Å²) in [6, 6.07) is 6.29. The predicted octanol–water partition coefficient (Wildman–Crippen LogP) is 1.19. The number of amides is 1. The van der Waals surface area contributed by atoms with Gasteiger partial charge in [0.1, 0.15) is 5.82 Å². The first kappa shape index (κ1) is 15.9. The number of β-amino-alcohol motifs (C(OH)–C–C–N with tert-alkyl or cyclic N) is 1. The number of likely N-dealkylation sites (tertiary alicyclic amines) is 1. The largest absolute Gasteiger partial charge is 0.387 e. The van der Waals surface area contributed by atoms with Crippen molar-refractivity contribution in [1.29, 1.82) is 0 Å². The second-order valence-electron chi connectivity index (χ2n) is 6.13. The predicted molar refractivity (Wildman–Crippen MR) is 79.3 cm³/mol. The molecule has 1 saturated heterocycles. The first-order chi connectivity index (χ1) is 9.89. The summed E-state index contributed by atoms with van der Waals surface area (Å²) < 4.78 is 12.7. The lowest BCUT2D eigenvalue weighted by Gasteiger charge is -2.48. The fourth-order valence-corrected chi connectivity index (χ4v) is 2.46. The lowest BCUT2D eigenvalue weighted by atomic mass is 9.83. The summed E-state index contributed by atoms with van der Waals surface area (Å²) in [5.41, 5.74) is 0.351. The van der Waals surface area contributed by atoms with E-state index in [0.29, 0.717) is 32.6 Å². The van der Waals surface area contributed by atoms with Crippen molar-refractivity contribution in [2.24, 2.45) is 5.92 Å². The minimum Gasteiger partial charge on any atom is -0.387 e. The maximum atomic E-state index is 12.7. The maximum Gasteiger partial charge on any atom is 0.234 e. The SMILES string of the molecule is CC(C)C1(O)CN(CC(=O)NCCc2ccc(F)cc2)C1. The molecule has 1 aromatic carbocycles. The normalized spacial score (nSPS) is 17.6. The molecule has 0 saturated carbocycles. The summed E-state index contributed by atoms with van der Waals surface area (Å²) in [7, 11) is 0. The van der Waals surface area contributed by atoms with Crippen LogP contribution in [-0.2, 0) is 11.2 Å². The van der Waals surface area contributed by atoms with Crippen LogP contribution >= 0.6 is 0 Å². The zero-order valence-corrected chi connectivity index (χ0v) is 12.6. The van der Waals surface area contributed by atoms with Crippen LogP contribution < -0.4 is 5.32 Å². The van der Waals surface area contributed by atoms with E-state index in [9.17, 15) is 14.3 Å². The Hall–Kier alpha value is -1.46. The third-order valence-corrected chi connectivity index (χ3v) is 4.09. The lowest BCUT2D eigenvalue weighted by molar-refractivity contribution is -0.142. The topological polar surface area (TPSA) is 52.6 Å². The summed E-state index contributed by atoms with van der Waals surface area (Å²) in [4.78, 5) is 13.7. The van der Waals surface area contributed by atoms with Gasteiger partial charge < -0.3 is 10.4 Å². The van der Waals surface area contributed by atoms with Gasteiger partial charge in [0.05, 0.1) is 12.1 Å². The number of nitrogens with zero attached hydrogens (tertiary/aromatic N) is 1. The molecule has 1 aliphatic heterocycles. The molecule has 1 aliphatic rings. The Morgan fingerprint density at radius 2 is 2.00 bits per heavy atom. The molecular weight excluding hydrogens is 271 g/mol. The Balaban J connectivity index is 1.64. The number of benzene rings is 1. The van der Waals surface area contributed by atoms with Gasteiger partial charge in [0, 0.05) is 19.6 Å². The first-order valence-corrected chi connectivity index (χ1v) is 7.35. The van der Waals surface area contributed by atoms with Gasteiger partial charge in [0.15, 0.2) is 0 Å². The Kier molecular flexibility index (Phi) is 4.96. The average molecular weight is 294 g/mol. The van der Waals surface area contributed by atoms with Crippen molar-refractivity contribution in [2.45, 2.75) is 25.9 Å². The summed E-state index contributed by atoms with van der Waals surface area (Å²) in [6.07, 6.45) is 0.682. The molecular formula is C16H23FN2O2. The number of hydrogen-bond donors (Lipinski definition) is 2. The van der Waals surface area contributed by atoms with Crippen LogP contribution in [0, 0.1) is 11.7 Å². The van der Waals surface area contributed by atoms with Gasteiger partial charge in [-0.15, -0.1) is 0 Å². The third-order valence-electron chi connectivity index (χ3n) is 4.09. The van der Waals surface area contributed by atoms with E-state index in [2.05, 4.69) is 5.32 Å². The van der Waals surface area contributed by atoms with Crippen molar-refractivity contribution in [3.8, 4) is 0 Å². The van der Waals surface area contributed by atoms with E-state index in [0.717, 1.165) is 5.56 Å². The van der Waals surface area contributed by atoms with Crippen molar-refractivity contribution < 1.29 is 14.3 Å². The van der Waals surface area contributed by atoms with Crippen molar-refractivity contribution >= 4 is 5.91 Å². The van der Waals surface area contributed by atoms with Gasteiger partial charge >= 0.3 is 0 Å². The monoisotopic (exact) mass is 294 g/mol. The fourth-order valence-electron chi connectivity index (χ4n) is 2.46. The first-order valence-electron chi connectivity index (χ1n) is 7.35. The number of rotatable bonds is 6. The molecule has 0 aromatic heterocycles. The van der Waals surface area contributed by atoms with Gasteiger partial charge in [-0.2, -0.15) is 0 Å². The van der Waals surface area contributed by atoms with Crippen LogP contribution in [0.2, 0.25) is 0 Å². The molecule has 1 aromatic rings. The van der Waals surface area contributed by atoms with Crippen LogP contribution in [0.15, 0.2) is 24.3 Å². The minimum absolute atomic E-state index is 0.0390. The quantitative estimate of drug-likeness (QED) is 0.828. The van der Waals surface area contributed by atoms with E-state index < -0.39 is 5.60 Å². The van der Waals surface area contributed by atoms with E-state index in [4.69, 9.17) is 0 Å². The molecule has 1 amide bonds. The summed E-state index contributed by atoms with van der Waals surface area (Å²) >= 11 is 0. The van der Waals surface area contributed by atoms with Crippen molar-refractivity contribution in [3.63, 3.8) is 0 Å². The lowest BCUT2D eigenvalue weighted by Crippen LogP contribution is -2.65. The highest BCUT2D eigenvalue weighted by molar-refractivity contribution is 5.78. The van der Waals surface area contributed by atoms with Gasteiger partial charge in [-0.05, 0) is 30.0 Å². The molecule has 0 spiro atoms. The zero-order valence-electron chi connectivity index (χ0n) is 12.6. The van der Waals surface area contributed by atoms with Gasteiger partial charge in [0.2, 0.25) is 5.91 Å². The Bertz CT molecular complexity index is 482. The van der Waals surface area contributed by atoms with Crippen LogP contribution in [0.4, 0.5) is 4.39 Å². The standard InChI is InChI=1S/C16H23FN2O2/c1-12(2)16(21)10-19(11-16)9-15(20)18-8-7-13-3-5-14(17)6-4-13/h3-6,12,21H,7-11H2,1-2H3,(H,18,20). The molecule has 0 radical (unpaired) electrons. The Morgan fingerprint density at radius 3 is 2.57 bits per heavy atom. The number of halogens is 1. The second kappa shape index (κ2) is 6.54. The highest BCUT2D eigenvalue weighted by Gasteiger charge is 2.43. The molecule has 0 aliphatic carbocycles. The van der Waals surface area contributed by atoms with E-state index in [1.807, 2.05) is 18.7 Å². The van der Waals surface area contributed by atoms with Gasteiger partial charge in [-0.25, -0.2) is 4.39 Å². The molecule has 2 rings (SSSR count).